The Morgan fingerprint density at radius 2 is 2.41 bits per heavy atom. The average Bonchev–Trinajstić information content (AvgIpc) is 3.15. The van der Waals surface area contributed by atoms with Gasteiger partial charge in [0.15, 0.2) is 5.13 Å². The average molecular weight is 321 g/mol. The molecule has 2 aromatic heterocycles. The Balaban J connectivity index is 1.68. The number of carbonyl (C=O) groups excluding carboxylic acids is 2. The molecule has 1 aliphatic heterocycles. The summed E-state index contributed by atoms with van der Waals surface area (Å²) in [5, 5.41) is 3.29. The number of hydrogen-bond donors (Lipinski definition) is 1. The summed E-state index contributed by atoms with van der Waals surface area (Å²) in [6, 6.07) is 1.59. The quantitative estimate of drug-likeness (QED) is 0.923. The standard InChI is InChI=1S/C14H15N3O4S/c1-20-8-12(18)17-4-2-10-11(6-17)22-14(15-10)16-13(19)9-3-5-21-7-9/h3,5,7H,2,4,6,8H2,1H3,(H,15,16,19). The van der Waals surface area contributed by atoms with E-state index in [0.29, 0.717) is 30.2 Å². The maximum Gasteiger partial charge on any atom is 0.260 e. The Morgan fingerprint density at radius 3 is 3.14 bits per heavy atom. The second kappa shape index (κ2) is 6.29. The highest BCUT2D eigenvalue weighted by Gasteiger charge is 2.24. The summed E-state index contributed by atoms with van der Waals surface area (Å²) in [4.78, 5) is 31.0. The van der Waals surface area contributed by atoms with E-state index in [-0.39, 0.29) is 18.4 Å². The number of thiazole rings is 1. The fraction of sp³-hybridized carbons (Fsp3) is 0.357. The number of furan rings is 1. The predicted molar refractivity (Wildman–Crippen MR) is 79.8 cm³/mol. The summed E-state index contributed by atoms with van der Waals surface area (Å²) < 4.78 is 9.76. The van der Waals surface area contributed by atoms with E-state index < -0.39 is 0 Å². The normalized spacial score (nSPS) is 13.8. The molecule has 0 radical (unpaired) electrons. The Hall–Kier alpha value is -2.19. The number of nitrogens with one attached hydrogen (secondary N) is 1. The zero-order valence-electron chi connectivity index (χ0n) is 12.0. The Kier molecular flexibility index (Phi) is 4.21. The van der Waals surface area contributed by atoms with Gasteiger partial charge in [-0.3, -0.25) is 14.9 Å². The van der Waals surface area contributed by atoms with Crippen LogP contribution in [0.15, 0.2) is 23.0 Å². The Bertz CT molecular complexity index is 680. The van der Waals surface area contributed by atoms with E-state index in [1.165, 1.54) is 31.0 Å². The van der Waals surface area contributed by atoms with Gasteiger partial charge in [0, 0.05) is 25.0 Å². The fourth-order valence-electron chi connectivity index (χ4n) is 2.24. The second-order valence-corrected chi connectivity index (χ2v) is 5.94. The molecule has 0 unspecified atom stereocenters. The first-order valence-electron chi connectivity index (χ1n) is 6.76. The van der Waals surface area contributed by atoms with Crippen LogP contribution in [0.25, 0.3) is 0 Å². The number of methoxy groups -OCH3 is 1. The van der Waals surface area contributed by atoms with Gasteiger partial charge in [0.05, 0.1) is 24.1 Å². The maximum absolute atomic E-state index is 12.0. The van der Waals surface area contributed by atoms with Crippen molar-refractivity contribution in [3.8, 4) is 0 Å². The topological polar surface area (TPSA) is 84.7 Å². The maximum atomic E-state index is 12.0. The van der Waals surface area contributed by atoms with E-state index in [4.69, 9.17) is 9.15 Å². The molecule has 3 heterocycles. The van der Waals surface area contributed by atoms with E-state index in [0.717, 1.165) is 10.6 Å². The lowest BCUT2D eigenvalue weighted by atomic mass is 10.2. The molecule has 0 aromatic carbocycles. The lowest BCUT2D eigenvalue weighted by Gasteiger charge is -2.25. The number of anilines is 1. The zero-order valence-corrected chi connectivity index (χ0v) is 12.8. The number of carbonyl (C=O) groups is 2. The molecule has 3 rings (SSSR count). The molecular weight excluding hydrogens is 306 g/mol. The van der Waals surface area contributed by atoms with E-state index in [1.807, 2.05) is 0 Å². The lowest BCUT2D eigenvalue weighted by molar-refractivity contribution is -0.136. The van der Waals surface area contributed by atoms with Crippen LogP contribution >= 0.6 is 11.3 Å². The van der Waals surface area contributed by atoms with Crippen LogP contribution in [0, 0.1) is 0 Å². The Morgan fingerprint density at radius 1 is 1.55 bits per heavy atom. The van der Waals surface area contributed by atoms with Gasteiger partial charge in [-0.2, -0.15) is 0 Å². The van der Waals surface area contributed by atoms with Crippen molar-refractivity contribution >= 4 is 28.3 Å². The predicted octanol–water partition coefficient (Wildman–Crippen LogP) is 1.52. The van der Waals surface area contributed by atoms with Crippen molar-refractivity contribution in [2.75, 3.05) is 25.6 Å². The molecule has 2 aromatic rings. The van der Waals surface area contributed by atoms with Gasteiger partial charge in [-0.1, -0.05) is 11.3 Å². The highest BCUT2D eigenvalue weighted by Crippen LogP contribution is 2.28. The highest BCUT2D eigenvalue weighted by atomic mass is 32.1. The van der Waals surface area contributed by atoms with Gasteiger partial charge in [0.1, 0.15) is 12.9 Å². The van der Waals surface area contributed by atoms with Crippen LogP contribution in [0.1, 0.15) is 20.9 Å². The van der Waals surface area contributed by atoms with Crippen LogP contribution in [-0.2, 0) is 22.5 Å². The fourth-order valence-corrected chi connectivity index (χ4v) is 3.26. The molecule has 1 N–H and O–H groups in total. The summed E-state index contributed by atoms with van der Waals surface area (Å²) in [7, 11) is 1.50. The number of fused-ring (bicyclic) bond motifs is 1. The third-order valence-corrected chi connectivity index (χ3v) is 4.35. The van der Waals surface area contributed by atoms with Crippen molar-refractivity contribution in [2.45, 2.75) is 13.0 Å². The largest absolute Gasteiger partial charge is 0.472 e. The van der Waals surface area contributed by atoms with Crippen molar-refractivity contribution in [2.24, 2.45) is 0 Å². The van der Waals surface area contributed by atoms with E-state index in [9.17, 15) is 9.59 Å². The summed E-state index contributed by atoms with van der Waals surface area (Å²) >= 11 is 1.39. The number of nitrogens with zero attached hydrogens (tertiary/aromatic N) is 2. The number of hydrogen-bond acceptors (Lipinski definition) is 6. The van der Waals surface area contributed by atoms with Gasteiger partial charge >= 0.3 is 0 Å². The minimum Gasteiger partial charge on any atom is -0.472 e. The van der Waals surface area contributed by atoms with Crippen molar-refractivity contribution in [1.82, 2.24) is 9.88 Å². The van der Waals surface area contributed by atoms with Gasteiger partial charge < -0.3 is 14.1 Å². The first-order chi connectivity index (χ1) is 10.7. The van der Waals surface area contributed by atoms with E-state index in [1.54, 1.807) is 11.0 Å². The number of rotatable bonds is 4. The summed E-state index contributed by atoms with van der Waals surface area (Å²) in [6.45, 7) is 1.21. The Labute approximate surface area is 130 Å². The smallest absolute Gasteiger partial charge is 0.260 e. The first-order valence-corrected chi connectivity index (χ1v) is 7.58. The molecule has 1 aliphatic rings. The highest BCUT2D eigenvalue weighted by molar-refractivity contribution is 7.15. The summed E-state index contributed by atoms with van der Waals surface area (Å²) in [5.74, 6) is -0.294. The van der Waals surface area contributed by atoms with Crippen molar-refractivity contribution < 1.29 is 18.7 Å². The SMILES string of the molecule is COCC(=O)N1CCc2nc(NC(=O)c3ccoc3)sc2C1. The minimum atomic E-state index is -0.257. The molecule has 0 fully saturated rings. The molecule has 2 amide bonds. The number of aromatic nitrogens is 1. The van der Waals surface area contributed by atoms with Crippen LogP contribution < -0.4 is 5.32 Å². The van der Waals surface area contributed by atoms with Crippen molar-refractivity contribution in [3.05, 3.63) is 34.7 Å². The molecule has 0 saturated carbocycles. The van der Waals surface area contributed by atoms with E-state index >= 15 is 0 Å². The van der Waals surface area contributed by atoms with Crippen LogP contribution in [-0.4, -0.2) is 42.0 Å². The van der Waals surface area contributed by atoms with E-state index in [2.05, 4.69) is 10.3 Å². The first kappa shape index (κ1) is 14.7. The van der Waals surface area contributed by atoms with Crippen molar-refractivity contribution in [1.29, 1.82) is 0 Å². The number of ether oxygens (including phenoxy) is 1. The number of amides is 2. The van der Waals surface area contributed by atoms with Gasteiger partial charge in [-0.25, -0.2) is 4.98 Å². The van der Waals surface area contributed by atoms with Gasteiger partial charge in [-0.15, -0.1) is 0 Å². The third kappa shape index (κ3) is 3.02. The molecule has 8 heteroatoms. The molecule has 116 valence electrons. The molecule has 0 saturated heterocycles. The molecule has 0 atom stereocenters. The van der Waals surface area contributed by atoms with Crippen molar-refractivity contribution in [3.63, 3.8) is 0 Å². The summed E-state index contributed by atoms with van der Waals surface area (Å²) in [6.07, 6.45) is 3.51. The molecule has 0 bridgehead atoms. The van der Waals surface area contributed by atoms with Gasteiger partial charge in [-0.05, 0) is 6.07 Å². The molecule has 0 aliphatic carbocycles. The van der Waals surface area contributed by atoms with Crippen LogP contribution in [0.3, 0.4) is 0 Å². The lowest BCUT2D eigenvalue weighted by Crippen LogP contribution is -2.37. The zero-order chi connectivity index (χ0) is 15.5. The molecular formula is C14H15N3O4S. The molecule has 22 heavy (non-hydrogen) atoms. The minimum absolute atomic E-state index is 0.0365. The van der Waals surface area contributed by atoms with Crippen LogP contribution in [0.5, 0.6) is 0 Å². The van der Waals surface area contributed by atoms with Crippen LogP contribution in [0.2, 0.25) is 0 Å². The van der Waals surface area contributed by atoms with Gasteiger partial charge in [0.2, 0.25) is 5.91 Å². The third-order valence-electron chi connectivity index (χ3n) is 3.36. The second-order valence-electron chi connectivity index (χ2n) is 4.85. The van der Waals surface area contributed by atoms with Gasteiger partial charge in [0.25, 0.3) is 5.91 Å². The molecule has 7 nitrogen and oxygen atoms in total. The monoisotopic (exact) mass is 321 g/mol. The summed E-state index contributed by atoms with van der Waals surface area (Å²) in [5.41, 5.74) is 1.39. The molecule has 0 spiro atoms. The van der Waals surface area contributed by atoms with Crippen LogP contribution in [0.4, 0.5) is 5.13 Å².